The summed E-state index contributed by atoms with van der Waals surface area (Å²) < 4.78 is 4.28. The summed E-state index contributed by atoms with van der Waals surface area (Å²) >= 11 is 11.4. The van der Waals surface area contributed by atoms with Crippen molar-refractivity contribution in [1.82, 2.24) is 4.57 Å². The molecule has 0 amide bonds. The van der Waals surface area contributed by atoms with Gasteiger partial charge in [0.15, 0.2) is 5.78 Å². The first-order valence-corrected chi connectivity index (χ1v) is 8.10. The third kappa shape index (κ3) is 2.90. The van der Waals surface area contributed by atoms with E-state index in [1.54, 1.807) is 0 Å². The number of hydrogen-bond donors (Lipinski definition) is 0. The van der Waals surface area contributed by atoms with Crippen LogP contribution >= 0.6 is 50.1 Å². The Morgan fingerprint density at radius 2 is 2.05 bits per heavy atom. The molecule has 2 rings (SSSR count). The summed E-state index contributed by atoms with van der Waals surface area (Å²) in [7, 11) is 0. The van der Waals surface area contributed by atoms with Crippen molar-refractivity contribution < 1.29 is 4.79 Å². The molecule has 0 aliphatic heterocycles. The van der Waals surface area contributed by atoms with Gasteiger partial charge in [-0.15, -0.1) is 11.6 Å². The van der Waals surface area contributed by atoms with E-state index in [0.29, 0.717) is 5.56 Å². The number of nitrogens with zero attached hydrogens (tertiary/aromatic N) is 1. The Labute approximate surface area is 139 Å². The molecule has 19 heavy (non-hydrogen) atoms. The summed E-state index contributed by atoms with van der Waals surface area (Å²) in [6, 6.07) is 8.02. The number of carbonyl (C=O) groups excluding carboxylic acids is 1. The second kappa shape index (κ2) is 5.97. The second-order valence-corrected chi connectivity index (χ2v) is 6.56. The zero-order chi connectivity index (χ0) is 14.2. The van der Waals surface area contributed by atoms with Gasteiger partial charge in [0.25, 0.3) is 0 Å². The summed E-state index contributed by atoms with van der Waals surface area (Å²) in [6.45, 7) is 3.94. The van der Waals surface area contributed by atoms with Crippen LogP contribution in [0.25, 0.3) is 5.69 Å². The van der Waals surface area contributed by atoms with Crippen molar-refractivity contribution >= 4 is 55.9 Å². The van der Waals surface area contributed by atoms with Gasteiger partial charge in [0.2, 0.25) is 0 Å². The Balaban J connectivity index is 2.59. The highest BCUT2D eigenvalue weighted by molar-refractivity contribution is 14.1. The number of ketones is 1. The number of carbonyl (C=O) groups is 1. The molecule has 0 N–H and O–H groups in total. The molecule has 0 aliphatic carbocycles. The molecule has 0 atom stereocenters. The molecule has 0 saturated carbocycles. The highest BCUT2D eigenvalue weighted by Gasteiger charge is 2.16. The number of rotatable bonds is 3. The standard InChI is InChI=1S/C14H12BrClINO/c1-8-5-11(14(19)7-16)9(2)18(8)10-3-4-12(15)13(17)6-10/h3-6H,7H2,1-2H3. The zero-order valence-electron chi connectivity index (χ0n) is 10.5. The van der Waals surface area contributed by atoms with Gasteiger partial charge in [-0.3, -0.25) is 4.79 Å². The first-order valence-electron chi connectivity index (χ1n) is 5.69. The third-order valence-corrected chi connectivity index (χ3v) is 5.58. The van der Waals surface area contributed by atoms with Gasteiger partial charge in [-0.25, -0.2) is 0 Å². The molecule has 0 bridgehead atoms. The monoisotopic (exact) mass is 451 g/mol. The lowest BCUT2D eigenvalue weighted by Crippen LogP contribution is -2.04. The van der Waals surface area contributed by atoms with E-state index >= 15 is 0 Å². The van der Waals surface area contributed by atoms with Crippen LogP contribution in [0.2, 0.25) is 0 Å². The quantitative estimate of drug-likeness (QED) is 0.370. The maximum atomic E-state index is 11.8. The van der Waals surface area contributed by atoms with Gasteiger partial charge in [-0.1, -0.05) is 0 Å². The van der Waals surface area contributed by atoms with Crippen molar-refractivity contribution in [2.75, 3.05) is 5.88 Å². The lowest BCUT2D eigenvalue weighted by molar-refractivity contribution is 0.102. The Morgan fingerprint density at radius 3 is 2.63 bits per heavy atom. The summed E-state index contributed by atoms with van der Waals surface area (Å²) in [5.41, 5.74) is 3.71. The molecule has 1 aromatic carbocycles. The Kier molecular flexibility index (Phi) is 4.74. The van der Waals surface area contributed by atoms with Gasteiger partial charge in [-0.2, -0.15) is 0 Å². The highest BCUT2D eigenvalue weighted by Crippen LogP contribution is 2.26. The fourth-order valence-electron chi connectivity index (χ4n) is 2.14. The topological polar surface area (TPSA) is 22.0 Å². The lowest BCUT2D eigenvalue weighted by Gasteiger charge is -2.11. The molecule has 5 heteroatoms. The van der Waals surface area contributed by atoms with Crippen LogP contribution < -0.4 is 0 Å². The molecule has 1 heterocycles. The zero-order valence-corrected chi connectivity index (χ0v) is 15.0. The largest absolute Gasteiger partial charge is 0.318 e. The molecule has 0 radical (unpaired) electrons. The van der Waals surface area contributed by atoms with E-state index in [2.05, 4.69) is 49.2 Å². The van der Waals surface area contributed by atoms with Gasteiger partial charge in [-0.05, 0) is 76.6 Å². The first kappa shape index (κ1) is 15.1. The van der Waals surface area contributed by atoms with E-state index in [1.807, 2.05) is 32.0 Å². The second-order valence-electron chi connectivity index (χ2n) is 4.28. The number of benzene rings is 1. The predicted octanol–water partition coefficient (Wildman–Crippen LogP) is 4.88. The molecule has 2 aromatic rings. The van der Waals surface area contributed by atoms with E-state index in [4.69, 9.17) is 11.6 Å². The molecular weight excluding hydrogens is 440 g/mol. The summed E-state index contributed by atoms with van der Waals surface area (Å²) in [6.07, 6.45) is 0. The van der Waals surface area contributed by atoms with Crippen LogP contribution in [0.4, 0.5) is 0 Å². The Hall–Kier alpha value is -0.330. The van der Waals surface area contributed by atoms with Gasteiger partial charge in [0, 0.05) is 30.7 Å². The third-order valence-electron chi connectivity index (χ3n) is 3.01. The predicted molar refractivity (Wildman–Crippen MR) is 90.7 cm³/mol. The van der Waals surface area contributed by atoms with Crippen LogP contribution in [-0.4, -0.2) is 16.2 Å². The molecule has 2 nitrogen and oxygen atoms in total. The van der Waals surface area contributed by atoms with Gasteiger partial charge < -0.3 is 4.57 Å². The fraction of sp³-hybridized carbons (Fsp3) is 0.214. The maximum Gasteiger partial charge on any atom is 0.179 e. The fourth-order valence-corrected chi connectivity index (χ4v) is 3.03. The van der Waals surface area contributed by atoms with Crippen LogP contribution in [0, 0.1) is 17.4 Å². The van der Waals surface area contributed by atoms with Crippen molar-refractivity contribution in [2.24, 2.45) is 0 Å². The molecule has 0 spiro atoms. The van der Waals surface area contributed by atoms with E-state index in [9.17, 15) is 4.79 Å². The smallest absolute Gasteiger partial charge is 0.179 e. The SMILES string of the molecule is Cc1cc(C(=O)CCl)c(C)n1-c1ccc(Br)c(I)c1. The summed E-state index contributed by atoms with van der Waals surface area (Å²) in [5, 5.41) is 0. The Morgan fingerprint density at radius 1 is 1.37 bits per heavy atom. The van der Waals surface area contributed by atoms with Gasteiger partial charge in [0.1, 0.15) is 0 Å². The highest BCUT2D eigenvalue weighted by atomic mass is 127. The summed E-state index contributed by atoms with van der Waals surface area (Å²) in [5.74, 6) is -0.0184. The average molecular weight is 453 g/mol. The maximum absolute atomic E-state index is 11.8. The molecule has 100 valence electrons. The average Bonchev–Trinajstić information content (AvgIpc) is 2.68. The number of halogens is 3. The first-order chi connectivity index (χ1) is 8.95. The van der Waals surface area contributed by atoms with Gasteiger partial charge in [0.05, 0.1) is 5.88 Å². The van der Waals surface area contributed by atoms with Crippen molar-refractivity contribution in [3.8, 4) is 5.69 Å². The minimum absolute atomic E-state index is 0.0160. The lowest BCUT2D eigenvalue weighted by atomic mass is 10.2. The molecule has 0 fully saturated rings. The van der Waals surface area contributed by atoms with E-state index in [1.165, 1.54) is 0 Å². The van der Waals surface area contributed by atoms with Crippen LogP contribution in [0.3, 0.4) is 0 Å². The van der Waals surface area contributed by atoms with Crippen LogP contribution in [-0.2, 0) is 0 Å². The number of Topliss-reactive ketones (excluding diaryl/α,β-unsaturated/α-hetero) is 1. The van der Waals surface area contributed by atoms with E-state index in [0.717, 1.165) is 25.1 Å². The van der Waals surface area contributed by atoms with Crippen molar-refractivity contribution in [3.05, 3.63) is 49.3 Å². The van der Waals surface area contributed by atoms with Crippen molar-refractivity contribution in [2.45, 2.75) is 13.8 Å². The van der Waals surface area contributed by atoms with Crippen LogP contribution in [0.15, 0.2) is 28.7 Å². The Bertz CT molecular complexity index is 651. The number of aromatic nitrogens is 1. The van der Waals surface area contributed by atoms with Crippen molar-refractivity contribution in [1.29, 1.82) is 0 Å². The molecule has 1 aromatic heterocycles. The summed E-state index contributed by atoms with van der Waals surface area (Å²) in [4.78, 5) is 11.8. The molecule has 0 aliphatic rings. The van der Waals surface area contributed by atoms with Crippen LogP contribution in [0.1, 0.15) is 21.7 Å². The van der Waals surface area contributed by atoms with Crippen LogP contribution in [0.5, 0.6) is 0 Å². The molecular formula is C14H12BrClINO. The normalized spacial score (nSPS) is 10.8. The number of alkyl halides is 1. The van der Waals surface area contributed by atoms with E-state index < -0.39 is 0 Å². The minimum Gasteiger partial charge on any atom is -0.318 e. The minimum atomic E-state index is -0.0344. The molecule has 0 saturated heterocycles. The number of hydrogen-bond acceptors (Lipinski definition) is 1. The van der Waals surface area contributed by atoms with Crippen molar-refractivity contribution in [3.63, 3.8) is 0 Å². The number of aryl methyl sites for hydroxylation is 1. The van der Waals surface area contributed by atoms with E-state index in [-0.39, 0.29) is 11.7 Å². The van der Waals surface area contributed by atoms with Gasteiger partial charge >= 0.3 is 0 Å². The molecule has 0 unspecified atom stereocenters.